The van der Waals surface area contributed by atoms with Crippen molar-refractivity contribution in [3.8, 4) is 11.5 Å². The number of nitrogens with zero attached hydrogens (tertiary/aromatic N) is 2. The molecule has 10 heteroatoms. The Morgan fingerprint density at radius 2 is 1.93 bits per heavy atom. The van der Waals surface area contributed by atoms with Gasteiger partial charge in [0.05, 0.1) is 21.9 Å². The highest BCUT2D eigenvalue weighted by Gasteiger charge is 2.35. The van der Waals surface area contributed by atoms with Crippen LogP contribution in [0.3, 0.4) is 0 Å². The van der Waals surface area contributed by atoms with Gasteiger partial charge >= 0.3 is 0 Å². The van der Waals surface area contributed by atoms with E-state index in [1.54, 1.807) is 30.3 Å². The van der Waals surface area contributed by atoms with E-state index in [0.717, 1.165) is 16.7 Å². The Morgan fingerprint density at radius 1 is 1.20 bits per heavy atom. The number of hydrogen-bond donors (Lipinski definition) is 0. The number of benzene rings is 2. The van der Waals surface area contributed by atoms with Crippen molar-refractivity contribution >= 4 is 46.3 Å². The van der Waals surface area contributed by atoms with Gasteiger partial charge in [-0.15, -0.1) is 0 Å². The Kier molecular flexibility index (Phi) is 5.47. The van der Waals surface area contributed by atoms with Crippen LogP contribution in [0, 0.1) is 10.1 Å². The van der Waals surface area contributed by atoms with E-state index in [1.165, 1.54) is 24.3 Å². The smallest absolute Gasteiger partial charge is 0.293 e. The molecular formula is C20H13ClN2O6S. The fourth-order valence-electron chi connectivity index (χ4n) is 2.94. The molecule has 1 fully saturated rings. The zero-order valence-electron chi connectivity index (χ0n) is 15.2. The number of rotatable bonds is 5. The van der Waals surface area contributed by atoms with Crippen molar-refractivity contribution in [1.29, 1.82) is 0 Å². The maximum Gasteiger partial charge on any atom is 0.293 e. The topological polar surface area (TPSA) is 99.0 Å². The lowest BCUT2D eigenvalue weighted by Crippen LogP contribution is -2.27. The van der Waals surface area contributed by atoms with E-state index in [9.17, 15) is 19.7 Å². The Bertz CT molecular complexity index is 1130. The van der Waals surface area contributed by atoms with E-state index in [0.29, 0.717) is 27.6 Å². The highest BCUT2D eigenvalue weighted by molar-refractivity contribution is 8.18. The van der Waals surface area contributed by atoms with Crippen molar-refractivity contribution in [1.82, 2.24) is 4.90 Å². The molecule has 1 saturated heterocycles. The van der Waals surface area contributed by atoms with E-state index in [4.69, 9.17) is 21.1 Å². The number of hydrogen-bond acceptors (Lipinski definition) is 7. The molecule has 2 aliphatic rings. The first kappa shape index (κ1) is 20.0. The number of fused-ring (bicyclic) bond motifs is 1. The summed E-state index contributed by atoms with van der Waals surface area (Å²) in [5, 5.41) is 11.0. The molecule has 0 unspecified atom stereocenters. The Hall–Kier alpha value is -3.30. The van der Waals surface area contributed by atoms with Gasteiger partial charge in [0, 0.05) is 17.2 Å². The van der Waals surface area contributed by atoms with Gasteiger partial charge in [-0.05, 0) is 41.6 Å². The number of carbonyl (C=O) groups is 2. The quantitative estimate of drug-likeness (QED) is 0.372. The molecule has 0 N–H and O–H groups in total. The highest BCUT2D eigenvalue weighted by atomic mass is 35.5. The van der Waals surface area contributed by atoms with Crippen LogP contribution in [0.5, 0.6) is 11.5 Å². The summed E-state index contributed by atoms with van der Waals surface area (Å²) < 4.78 is 10.6. The van der Waals surface area contributed by atoms with E-state index in [1.807, 2.05) is 0 Å². The average molecular weight is 445 g/mol. The SMILES string of the molecule is O=C1S/C(=C\C=C\c2ccccc2[N+](=O)[O-])C(=O)N1Cc1cc2c(cc1Cl)OCO2. The van der Waals surface area contributed by atoms with Crippen LogP contribution in [0.1, 0.15) is 11.1 Å². The van der Waals surface area contributed by atoms with Gasteiger partial charge in [-0.3, -0.25) is 24.6 Å². The molecule has 2 aromatic rings. The largest absolute Gasteiger partial charge is 0.454 e. The number of allylic oxidation sites excluding steroid dienone is 2. The number of nitro benzene ring substituents is 1. The van der Waals surface area contributed by atoms with E-state index >= 15 is 0 Å². The first-order valence-electron chi connectivity index (χ1n) is 8.67. The van der Waals surface area contributed by atoms with Crippen LogP contribution >= 0.6 is 23.4 Å². The second kappa shape index (κ2) is 8.21. The molecule has 2 aromatic carbocycles. The van der Waals surface area contributed by atoms with Gasteiger partial charge < -0.3 is 9.47 Å². The number of amides is 2. The van der Waals surface area contributed by atoms with Crippen molar-refractivity contribution < 1.29 is 24.0 Å². The van der Waals surface area contributed by atoms with Crippen molar-refractivity contribution in [2.24, 2.45) is 0 Å². The summed E-state index contributed by atoms with van der Waals surface area (Å²) in [7, 11) is 0. The third kappa shape index (κ3) is 3.89. The van der Waals surface area contributed by atoms with Crippen LogP contribution in [-0.2, 0) is 11.3 Å². The van der Waals surface area contributed by atoms with Gasteiger partial charge in [-0.2, -0.15) is 0 Å². The molecular weight excluding hydrogens is 432 g/mol. The molecule has 2 amide bonds. The van der Waals surface area contributed by atoms with Crippen LogP contribution in [0.15, 0.2) is 53.5 Å². The third-order valence-corrected chi connectivity index (χ3v) is 5.68. The standard InChI is InChI=1S/C20H13ClN2O6S/c21-14-9-17-16(28-11-29-17)8-13(14)10-22-19(24)18(30-20(22)25)7-3-5-12-4-1-2-6-15(12)23(26)27/h1-9H,10-11H2/b5-3+,18-7-. The van der Waals surface area contributed by atoms with Gasteiger partial charge in [0.25, 0.3) is 16.8 Å². The molecule has 0 saturated carbocycles. The fourth-order valence-corrected chi connectivity index (χ4v) is 3.94. The lowest BCUT2D eigenvalue weighted by Gasteiger charge is -2.14. The number of nitro groups is 1. The summed E-state index contributed by atoms with van der Waals surface area (Å²) in [5.74, 6) is 0.549. The first-order valence-corrected chi connectivity index (χ1v) is 9.87. The molecule has 0 spiro atoms. The monoisotopic (exact) mass is 444 g/mol. The van der Waals surface area contributed by atoms with Crippen molar-refractivity contribution in [3.05, 3.63) is 79.7 Å². The number of thioether (sulfide) groups is 1. The molecule has 2 aliphatic heterocycles. The Morgan fingerprint density at radius 3 is 2.70 bits per heavy atom. The van der Waals surface area contributed by atoms with E-state index in [2.05, 4.69) is 0 Å². The molecule has 0 bridgehead atoms. The predicted molar refractivity (Wildman–Crippen MR) is 111 cm³/mol. The van der Waals surface area contributed by atoms with Gasteiger partial charge in [0.2, 0.25) is 6.79 Å². The van der Waals surface area contributed by atoms with Crippen molar-refractivity contribution in [2.45, 2.75) is 6.54 Å². The van der Waals surface area contributed by atoms with Gasteiger partial charge in [0.1, 0.15) is 0 Å². The van der Waals surface area contributed by atoms with Crippen molar-refractivity contribution in [2.75, 3.05) is 6.79 Å². The molecule has 8 nitrogen and oxygen atoms in total. The van der Waals surface area contributed by atoms with E-state index < -0.39 is 16.1 Å². The molecule has 0 atom stereocenters. The molecule has 4 rings (SSSR count). The van der Waals surface area contributed by atoms with Crippen LogP contribution in [0.4, 0.5) is 10.5 Å². The van der Waals surface area contributed by atoms with Crippen LogP contribution in [-0.4, -0.2) is 27.8 Å². The summed E-state index contributed by atoms with van der Waals surface area (Å²) in [4.78, 5) is 36.9. The maximum absolute atomic E-state index is 12.7. The number of carbonyl (C=O) groups excluding carboxylic acids is 2. The van der Waals surface area contributed by atoms with E-state index in [-0.39, 0.29) is 23.9 Å². The molecule has 0 radical (unpaired) electrons. The zero-order valence-corrected chi connectivity index (χ0v) is 16.8. The van der Waals surface area contributed by atoms with Gasteiger partial charge in [0.15, 0.2) is 11.5 Å². The minimum absolute atomic E-state index is 0.00858. The Labute approximate surface area is 179 Å². The minimum atomic E-state index is -0.483. The van der Waals surface area contributed by atoms with Gasteiger partial charge in [-0.1, -0.05) is 29.8 Å². The molecule has 2 heterocycles. The second-order valence-electron chi connectivity index (χ2n) is 6.26. The second-order valence-corrected chi connectivity index (χ2v) is 7.66. The highest BCUT2D eigenvalue weighted by Crippen LogP contribution is 2.39. The summed E-state index contributed by atoms with van der Waals surface area (Å²) in [6.45, 7) is 0.0801. The molecule has 152 valence electrons. The molecule has 30 heavy (non-hydrogen) atoms. The number of para-hydroxylation sites is 1. The maximum atomic E-state index is 12.7. The fraction of sp³-hybridized carbons (Fsp3) is 0.100. The lowest BCUT2D eigenvalue weighted by molar-refractivity contribution is -0.385. The number of imide groups is 1. The normalized spacial score (nSPS) is 16.8. The molecule has 0 aliphatic carbocycles. The van der Waals surface area contributed by atoms with Crippen LogP contribution in [0.2, 0.25) is 5.02 Å². The minimum Gasteiger partial charge on any atom is -0.454 e. The number of halogens is 1. The van der Waals surface area contributed by atoms with Crippen molar-refractivity contribution in [3.63, 3.8) is 0 Å². The lowest BCUT2D eigenvalue weighted by atomic mass is 10.1. The van der Waals surface area contributed by atoms with Crippen LogP contribution < -0.4 is 9.47 Å². The third-order valence-electron chi connectivity index (χ3n) is 4.40. The summed E-state index contributed by atoms with van der Waals surface area (Å²) in [6, 6.07) is 9.46. The number of ether oxygens (including phenoxy) is 2. The summed E-state index contributed by atoms with van der Waals surface area (Å²) in [6.07, 6.45) is 4.48. The summed E-state index contributed by atoms with van der Waals surface area (Å²) in [5.41, 5.74) is 0.901. The Balaban J connectivity index is 1.51. The van der Waals surface area contributed by atoms with Gasteiger partial charge in [-0.25, -0.2) is 0 Å². The molecule has 0 aromatic heterocycles. The summed E-state index contributed by atoms with van der Waals surface area (Å²) >= 11 is 7.03. The zero-order chi connectivity index (χ0) is 21.3. The van der Waals surface area contributed by atoms with Crippen LogP contribution in [0.25, 0.3) is 6.08 Å². The first-order chi connectivity index (χ1) is 14.4. The predicted octanol–water partition coefficient (Wildman–Crippen LogP) is 4.77. The average Bonchev–Trinajstić information content (AvgIpc) is 3.27.